The van der Waals surface area contributed by atoms with Crippen LogP contribution in [0.25, 0.3) is 0 Å². The van der Waals surface area contributed by atoms with E-state index >= 15 is 0 Å². The standard InChI is InChI=1S/C8H14N2O3/c9-6(11)5-8(7(12)13)1-3-10-4-2-8/h10H,1-5H2,(H2,9,11)(H,12,13). The molecule has 4 N–H and O–H groups in total. The molecule has 0 bridgehead atoms. The zero-order valence-electron chi connectivity index (χ0n) is 7.38. The Kier molecular flexibility index (Phi) is 2.87. The molecule has 5 nitrogen and oxygen atoms in total. The van der Waals surface area contributed by atoms with Crippen molar-refractivity contribution in [3.05, 3.63) is 0 Å². The predicted octanol–water partition coefficient (Wildman–Crippen LogP) is -0.684. The van der Waals surface area contributed by atoms with E-state index in [1.165, 1.54) is 0 Å². The number of carbonyl (C=O) groups excluding carboxylic acids is 1. The maximum absolute atomic E-state index is 11.0. The van der Waals surface area contributed by atoms with Crippen molar-refractivity contribution in [2.24, 2.45) is 11.1 Å². The van der Waals surface area contributed by atoms with Crippen molar-refractivity contribution >= 4 is 11.9 Å². The average Bonchev–Trinajstić information content (AvgIpc) is 2.04. The van der Waals surface area contributed by atoms with Crippen LogP contribution in [0.15, 0.2) is 0 Å². The maximum Gasteiger partial charge on any atom is 0.310 e. The first-order valence-corrected chi connectivity index (χ1v) is 4.29. The van der Waals surface area contributed by atoms with Gasteiger partial charge in [-0.05, 0) is 25.9 Å². The molecule has 1 aliphatic heterocycles. The van der Waals surface area contributed by atoms with Gasteiger partial charge in [0, 0.05) is 6.42 Å². The lowest BCUT2D eigenvalue weighted by Gasteiger charge is -2.32. The van der Waals surface area contributed by atoms with Crippen LogP contribution in [-0.4, -0.2) is 30.1 Å². The van der Waals surface area contributed by atoms with E-state index in [0.29, 0.717) is 25.9 Å². The third-order valence-corrected chi connectivity index (χ3v) is 2.53. The van der Waals surface area contributed by atoms with Gasteiger partial charge in [-0.25, -0.2) is 0 Å². The van der Waals surface area contributed by atoms with Gasteiger partial charge in [-0.1, -0.05) is 0 Å². The number of carboxylic acids is 1. The Balaban J connectivity index is 2.73. The van der Waals surface area contributed by atoms with Crippen LogP contribution in [0.3, 0.4) is 0 Å². The van der Waals surface area contributed by atoms with Crippen LogP contribution in [0.1, 0.15) is 19.3 Å². The molecule has 0 aliphatic carbocycles. The highest BCUT2D eigenvalue weighted by Gasteiger charge is 2.40. The Morgan fingerprint density at radius 1 is 1.38 bits per heavy atom. The second kappa shape index (κ2) is 3.74. The number of piperidine rings is 1. The fourth-order valence-electron chi connectivity index (χ4n) is 1.71. The number of aliphatic carboxylic acids is 1. The van der Waals surface area contributed by atoms with Crippen LogP contribution in [-0.2, 0) is 9.59 Å². The largest absolute Gasteiger partial charge is 0.481 e. The smallest absolute Gasteiger partial charge is 0.310 e. The monoisotopic (exact) mass is 186 g/mol. The first kappa shape index (κ1) is 9.98. The number of amides is 1. The molecular weight excluding hydrogens is 172 g/mol. The van der Waals surface area contributed by atoms with Crippen LogP contribution >= 0.6 is 0 Å². The lowest BCUT2D eigenvalue weighted by molar-refractivity contribution is -0.153. The molecule has 1 saturated heterocycles. The second-order valence-corrected chi connectivity index (χ2v) is 3.48. The molecule has 0 atom stereocenters. The minimum atomic E-state index is -0.920. The molecule has 74 valence electrons. The number of carbonyl (C=O) groups is 2. The number of nitrogens with one attached hydrogen (secondary N) is 1. The van der Waals surface area contributed by atoms with Gasteiger partial charge in [0.15, 0.2) is 0 Å². The van der Waals surface area contributed by atoms with Crippen molar-refractivity contribution in [3.8, 4) is 0 Å². The fourth-order valence-corrected chi connectivity index (χ4v) is 1.71. The maximum atomic E-state index is 11.0. The van der Waals surface area contributed by atoms with E-state index < -0.39 is 17.3 Å². The second-order valence-electron chi connectivity index (χ2n) is 3.48. The van der Waals surface area contributed by atoms with Gasteiger partial charge >= 0.3 is 5.97 Å². The quantitative estimate of drug-likeness (QED) is 0.544. The van der Waals surface area contributed by atoms with Gasteiger partial charge in [-0.15, -0.1) is 0 Å². The predicted molar refractivity (Wildman–Crippen MR) is 46.0 cm³/mol. The lowest BCUT2D eigenvalue weighted by Crippen LogP contribution is -2.44. The number of hydrogen-bond donors (Lipinski definition) is 3. The highest BCUT2D eigenvalue weighted by atomic mass is 16.4. The lowest BCUT2D eigenvalue weighted by atomic mass is 9.76. The van der Waals surface area contributed by atoms with Crippen molar-refractivity contribution in [3.63, 3.8) is 0 Å². The number of rotatable bonds is 3. The molecule has 0 saturated carbocycles. The minimum absolute atomic E-state index is 0.0516. The Bertz CT molecular complexity index is 221. The zero-order chi connectivity index (χ0) is 9.90. The molecule has 1 rings (SSSR count). The van der Waals surface area contributed by atoms with Gasteiger partial charge in [-0.2, -0.15) is 0 Å². The van der Waals surface area contributed by atoms with E-state index in [4.69, 9.17) is 10.8 Å². The molecule has 1 fully saturated rings. The molecule has 13 heavy (non-hydrogen) atoms. The normalized spacial score (nSPS) is 20.9. The molecule has 0 unspecified atom stereocenters. The molecule has 1 aliphatic rings. The molecule has 0 aromatic rings. The van der Waals surface area contributed by atoms with Crippen LogP contribution in [0, 0.1) is 5.41 Å². The Morgan fingerprint density at radius 3 is 2.31 bits per heavy atom. The summed E-state index contributed by atoms with van der Waals surface area (Å²) >= 11 is 0. The van der Waals surface area contributed by atoms with Gasteiger partial charge in [0.1, 0.15) is 0 Å². The van der Waals surface area contributed by atoms with Gasteiger partial charge in [0.05, 0.1) is 5.41 Å². The number of hydrogen-bond acceptors (Lipinski definition) is 3. The SMILES string of the molecule is NC(=O)CC1(C(=O)O)CCNCC1. The first-order valence-electron chi connectivity index (χ1n) is 4.29. The van der Waals surface area contributed by atoms with Gasteiger partial charge in [-0.3, -0.25) is 9.59 Å². The Hall–Kier alpha value is -1.10. The summed E-state index contributed by atoms with van der Waals surface area (Å²) < 4.78 is 0. The fraction of sp³-hybridized carbons (Fsp3) is 0.750. The van der Waals surface area contributed by atoms with Crippen molar-refractivity contribution in [1.82, 2.24) is 5.32 Å². The topological polar surface area (TPSA) is 92.4 Å². The van der Waals surface area contributed by atoms with Gasteiger partial charge in [0.25, 0.3) is 0 Å². The average molecular weight is 186 g/mol. The van der Waals surface area contributed by atoms with E-state index in [-0.39, 0.29) is 6.42 Å². The molecule has 1 amide bonds. The Labute approximate surface area is 76.3 Å². The number of primary amides is 1. The van der Waals surface area contributed by atoms with Crippen LogP contribution in [0.4, 0.5) is 0 Å². The highest BCUT2D eigenvalue weighted by molar-refractivity contribution is 5.84. The summed E-state index contributed by atoms with van der Waals surface area (Å²) in [6, 6.07) is 0. The highest BCUT2D eigenvalue weighted by Crippen LogP contribution is 2.32. The molecule has 0 aromatic carbocycles. The molecule has 0 spiro atoms. The van der Waals surface area contributed by atoms with E-state index in [9.17, 15) is 9.59 Å². The minimum Gasteiger partial charge on any atom is -0.481 e. The van der Waals surface area contributed by atoms with E-state index in [1.807, 2.05) is 0 Å². The van der Waals surface area contributed by atoms with Gasteiger partial charge in [0.2, 0.25) is 5.91 Å². The van der Waals surface area contributed by atoms with Crippen molar-refractivity contribution in [1.29, 1.82) is 0 Å². The summed E-state index contributed by atoms with van der Waals surface area (Å²) in [5.41, 5.74) is 4.10. The molecule has 0 radical (unpaired) electrons. The van der Waals surface area contributed by atoms with Crippen LogP contribution in [0.5, 0.6) is 0 Å². The van der Waals surface area contributed by atoms with E-state index in [0.717, 1.165) is 0 Å². The van der Waals surface area contributed by atoms with Gasteiger partial charge < -0.3 is 16.2 Å². The molecule has 0 aromatic heterocycles. The summed E-state index contributed by atoms with van der Waals surface area (Å²) in [4.78, 5) is 21.7. The summed E-state index contributed by atoms with van der Waals surface area (Å²) in [5.74, 6) is -1.45. The third kappa shape index (κ3) is 2.18. The van der Waals surface area contributed by atoms with E-state index in [2.05, 4.69) is 5.32 Å². The first-order chi connectivity index (χ1) is 6.07. The van der Waals surface area contributed by atoms with Crippen molar-refractivity contribution < 1.29 is 14.7 Å². The zero-order valence-corrected chi connectivity index (χ0v) is 7.38. The molecule has 5 heteroatoms. The molecular formula is C8H14N2O3. The summed E-state index contributed by atoms with van der Waals surface area (Å²) in [5, 5.41) is 12.1. The summed E-state index contributed by atoms with van der Waals surface area (Å²) in [7, 11) is 0. The molecule has 1 heterocycles. The number of nitrogens with two attached hydrogens (primary N) is 1. The number of carboxylic acid groups (broad SMARTS) is 1. The van der Waals surface area contributed by atoms with Crippen LogP contribution < -0.4 is 11.1 Å². The summed E-state index contributed by atoms with van der Waals surface area (Å²) in [6.45, 7) is 1.28. The summed E-state index contributed by atoms with van der Waals surface area (Å²) in [6.07, 6.45) is 0.903. The third-order valence-electron chi connectivity index (χ3n) is 2.53. The van der Waals surface area contributed by atoms with E-state index in [1.54, 1.807) is 0 Å². The van der Waals surface area contributed by atoms with Crippen molar-refractivity contribution in [2.75, 3.05) is 13.1 Å². The van der Waals surface area contributed by atoms with Crippen molar-refractivity contribution in [2.45, 2.75) is 19.3 Å². The van der Waals surface area contributed by atoms with Crippen LogP contribution in [0.2, 0.25) is 0 Å². The Morgan fingerprint density at radius 2 is 1.92 bits per heavy atom.